The number of nitrogens with one attached hydrogen (secondary N) is 1. The number of carboxylic acid groups (broad SMARTS) is 1. The van der Waals surface area contributed by atoms with Gasteiger partial charge in [0.2, 0.25) is 5.91 Å². The van der Waals surface area contributed by atoms with Crippen LogP contribution in [0.3, 0.4) is 0 Å². The van der Waals surface area contributed by atoms with E-state index in [1.54, 1.807) is 6.08 Å². The summed E-state index contributed by atoms with van der Waals surface area (Å²) >= 11 is 0.730. The third-order valence-corrected chi connectivity index (χ3v) is 4.97. The van der Waals surface area contributed by atoms with Crippen LogP contribution in [-0.4, -0.2) is 44.7 Å². The van der Waals surface area contributed by atoms with E-state index in [9.17, 15) is 29.4 Å². The number of nitrogens with zero attached hydrogens (tertiary/aromatic N) is 1. The van der Waals surface area contributed by atoms with Gasteiger partial charge in [0.25, 0.3) is 11.1 Å². The number of benzene rings is 2. The zero-order chi connectivity index (χ0) is 21.1. The molecule has 148 valence electrons. The predicted octanol–water partition coefficient (Wildman–Crippen LogP) is 3.07. The first kappa shape index (κ1) is 20.2. The first-order valence-corrected chi connectivity index (χ1v) is 9.24. The highest BCUT2D eigenvalue weighted by Crippen LogP contribution is 2.32. The van der Waals surface area contributed by atoms with Crippen molar-refractivity contribution in [1.29, 1.82) is 0 Å². The molecule has 8 nitrogen and oxygen atoms in total. The maximum absolute atomic E-state index is 12.5. The third kappa shape index (κ3) is 4.64. The van der Waals surface area contributed by atoms with E-state index < -0.39 is 29.6 Å². The fourth-order valence-electron chi connectivity index (χ4n) is 2.60. The molecule has 3 amide bonds. The Kier molecular flexibility index (Phi) is 5.69. The molecule has 2 aromatic carbocycles. The van der Waals surface area contributed by atoms with E-state index >= 15 is 0 Å². The number of carbonyl (C=O) groups excluding carboxylic acids is 3. The van der Waals surface area contributed by atoms with Crippen LogP contribution in [0.2, 0.25) is 0 Å². The van der Waals surface area contributed by atoms with Crippen molar-refractivity contribution in [2.45, 2.75) is 6.92 Å². The molecule has 1 aliphatic heterocycles. The highest BCUT2D eigenvalue weighted by Gasteiger charge is 2.36. The number of hydrogen-bond acceptors (Lipinski definition) is 6. The van der Waals surface area contributed by atoms with Gasteiger partial charge in [0.1, 0.15) is 12.3 Å². The lowest BCUT2D eigenvalue weighted by molar-refractivity contribution is -0.127. The van der Waals surface area contributed by atoms with Crippen LogP contribution in [0.1, 0.15) is 21.5 Å². The summed E-state index contributed by atoms with van der Waals surface area (Å²) in [5, 5.41) is 20.3. The molecule has 1 fully saturated rings. The number of phenols is 1. The Morgan fingerprint density at radius 1 is 1.14 bits per heavy atom. The topological polar surface area (TPSA) is 124 Å². The smallest absolute Gasteiger partial charge is 0.337 e. The van der Waals surface area contributed by atoms with Gasteiger partial charge in [-0.05, 0) is 48.5 Å². The zero-order valence-corrected chi connectivity index (χ0v) is 16.0. The van der Waals surface area contributed by atoms with Gasteiger partial charge in [-0.25, -0.2) is 4.79 Å². The Labute approximate surface area is 169 Å². The molecule has 3 rings (SSSR count). The number of carbonyl (C=O) groups is 4. The number of rotatable bonds is 5. The van der Waals surface area contributed by atoms with Crippen LogP contribution in [0, 0.1) is 6.92 Å². The molecule has 1 saturated heterocycles. The van der Waals surface area contributed by atoms with Crippen LogP contribution in [-0.2, 0) is 9.59 Å². The SMILES string of the molecule is Cc1ccc(/C=C2\SC(=O)N(CC(=O)Nc3ccc(O)cc3C(=O)O)C2=O)cc1. The van der Waals surface area contributed by atoms with E-state index in [4.69, 9.17) is 0 Å². The Morgan fingerprint density at radius 2 is 1.83 bits per heavy atom. The number of aryl methyl sites for hydroxylation is 1. The molecule has 0 radical (unpaired) electrons. The maximum Gasteiger partial charge on any atom is 0.337 e. The summed E-state index contributed by atoms with van der Waals surface area (Å²) in [6.07, 6.45) is 1.57. The van der Waals surface area contributed by atoms with Crippen LogP contribution < -0.4 is 5.32 Å². The average molecular weight is 412 g/mol. The number of imide groups is 1. The largest absolute Gasteiger partial charge is 0.508 e. The van der Waals surface area contributed by atoms with Crippen LogP contribution in [0.15, 0.2) is 47.4 Å². The van der Waals surface area contributed by atoms with Gasteiger partial charge in [0, 0.05) is 0 Å². The zero-order valence-electron chi connectivity index (χ0n) is 15.2. The fourth-order valence-corrected chi connectivity index (χ4v) is 3.44. The second kappa shape index (κ2) is 8.19. The molecule has 0 unspecified atom stereocenters. The molecule has 9 heteroatoms. The van der Waals surface area contributed by atoms with E-state index in [-0.39, 0.29) is 21.9 Å². The molecule has 1 aliphatic rings. The highest BCUT2D eigenvalue weighted by molar-refractivity contribution is 8.18. The van der Waals surface area contributed by atoms with Gasteiger partial charge >= 0.3 is 5.97 Å². The second-order valence-corrected chi connectivity index (χ2v) is 7.25. The highest BCUT2D eigenvalue weighted by atomic mass is 32.2. The molecule has 0 spiro atoms. The molecule has 0 bridgehead atoms. The molecule has 0 saturated carbocycles. The van der Waals surface area contributed by atoms with Gasteiger partial charge in [-0.3, -0.25) is 19.3 Å². The summed E-state index contributed by atoms with van der Waals surface area (Å²) in [5.74, 6) is -2.95. The molecule has 2 aromatic rings. The summed E-state index contributed by atoms with van der Waals surface area (Å²) in [4.78, 5) is 49.2. The molecule has 0 atom stereocenters. The molecular weight excluding hydrogens is 396 g/mol. The molecule has 1 heterocycles. The number of phenolic OH excluding ortho intramolecular Hbond substituents is 1. The summed E-state index contributed by atoms with van der Waals surface area (Å²) in [5.41, 5.74) is 1.44. The quantitative estimate of drug-likeness (QED) is 0.509. The van der Waals surface area contributed by atoms with E-state index in [0.29, 0.717) is 0 Å². The normalized spacial score (nSPS) is 15.1. The number of anilines is 1. The minimum atomic E-state index is -1.34. The van der Waals surface area contributed by atoms with Gasteiger partial charge < -0.3 is 15.5 Å². The van der Waals surface area contributed by atoms with Crippen molar-refractivity contribution in [2.75, 3.05) is 11.9 Å². The van der Waals surface area contributed by atoms with Crippen molar-refractivity contribution in [3.63, 3.8) is 0 Å². The molecular formula is C20H16N2O6S. The Morgan fingerprint density at radius 3 is 2.48 bits per heavy atom. The van der Waals surface area contributed by atoms with E-state index in [0.717, 1.165) is 33.9 Å². The van der Waals surface area contributed by atoms with Crippen molar-refractivity contribution >= 4 is 46.5 Å². The lowest BCUT2D eigenvalue weighted by atomic mass is 10.1. The predicted molar refractivity (Wildman–Crippen MR) is 108 cm³/mol. The van der Waals surface area contributed by atoms with Crippen LogP contribution in [0.4, 0.5) is 10.5 Å². The van der Waals surface area contributed by atoms with Crippen molar-refractivity contribution < 1.29 is 29.4 Å². The van der Waals surface area contributed by atoms with E-state index in [1.807, 2.05) is 31.2 Å². The summed E-state index contributed by atoms with van der Waals surface area (Å²) in [7, 11) is 0. The Bertz CT molecular complexity index is 1050. The van der Waals surface area contributed by atoms with Gasteiger partial charge in [-0.1, -0.05) is 29.8 Å². The van der Waals surface area contributed by atoms with Crippen molar-refractivity contribution in [3.8, 4) is 5.75 Å². The van der Waals surface area contributed by atoms with Crippen LogP contribution in [0.5, 0.6) is 5.75 Å². The van der Waals surface area contributed by atoms with Crippen molar-refractivity contribution in [1.82, 2.24) is 4.90 Å². The van der Waals surface area contributed by atoms with Gasteiger partial charge in [0.05, 0.1) is 16.2 Å². The summed E-state index contributed by atoms with van der Waals surface area (Å²) < 4.78 is 0. The fraction of sp³-hybridized carbons (Fsp3) is 0.100. The summed E-state index contributed by atoms with van der Waals surface area (Å²) in [6.45, 7) is 1.37. The third-order valence-electron chi connectivity index (χ3n) is 4.06. The monoisotopic (exact) mass is 412 g/mol. The first-order chi connectivity index (χ1) is 13.7. The second-order valence-electron chi connectivity index (χ2n) is 6.26. The molecule has 0 aliphatic carbocycles. The van der Waals surface area contributed by atoms with E-state index in [1.165, 1.54) is 12.1 Å². The summed E-state index contributed by atoms with van der Waals surface area (Å²) in [6, 6.07) is 10.8. The minimum absolute atomic E-state index is 0.0533. The molecule has 0 aromatic heterocycles. The minimum Gasteiger partial charge on any atom is -0.508 e. The van der Waals surface area contributed by atoms with Gasteiger partial charge in [0.15, 0.2) is 0 Å². The number of thioether (sulfide) groups is 1. The standard InChI is InChI=1S/C20H16N2O6S/c1-11-2-4-12(5-3-11)8-16-18(25)22(20(28)29-16)10-17(24)21-15-7-6-13(23)9-14(15)19(26)27/h2-9,23H,10H2,1H3,(H,21,24)(H,26,27)/b16-8-. The van der Waals surface area contributed by atoms with Crippen LogP contribution >= 0.6 is 11.8 Å². The average Bonchev–Trinajstić information content (AvgIpc) is 2.92. The molecule has 3 N–H and O–H groups in total. The molecule has 29 heavy (non-hydrogen) atoms. The Hall–Kier alpha value is -3.59. The van der Waals surface area contributed by atoms with Gasteiger partial charge in [-0.15, -0.1) is 0 Å². The van der Waals surface area contributed by atoms with E-state index in [2.05, 4.69) is 5.32 Å². The number of aromatic carboxylic acids is 1. The Balaban J connectivity index is 1.73. The number of amides is 3. The maximum atomic E-state index is 12.5. The number of hydrogen-bond donors (Lipinski definition) is 3. The lowest BCUT2D eigenvalue weighted by Crippen LogP contribution is -2.36. The van der Waals surface area contributed by atoms with Gasteiger partial charge in [-0.2, -0.15) is 0 Å². The van der Waals surface area contributed by atoms with Crippen LogP contribution in [0.25, 0.3) is 6.08 Å². The first-order valence-electron chi connectivity index (χ1n) is 8.43. The number of carboxylic acids is 1. The number of aromatic hydroxyl groups is 1. The van der Waals surface area contributed by atoms with Crippen molar-refractivity contribution in [3.05, 3.63) is 64.1 Å². The lowest BCUT2D eigenvalue weighted by Gasteiger charge is -2.13. The van der Waals surface area contributed by atoms with Crippen molar-refractivity contribution in [2.24, 2.45) is 0 Å².